The van der Waals surface area contributed by atoms with Crippen LogP contribution in [0.15, 0.2) is 53.4 Å². The summed E-state index contributed by atoms with van der Waals surface area (Å²) in [6.07, 6.45) is 0. The first kappa shape index (κ1) is 20.8. The van der Waals surface area contributed by atoms with E-state index in [1.807, 2.05) is 36.6 Å². The second kappa shape index (κ2) is 10.6. The predicted octanol–water partition coefficient (Wildman–Crippen LogP) is 4.20. The molecule has 0 atom stereocenters. The van der Waals surface area contributed by atoms with Crippen molar-refractivity contribution in [2.45, 2.75) is 26.7 Å². The lowest BCUT2D eigenvalue weighted by Gasteiger charge is -2.13. The lowest BCUT2D eigenvalue weighted by atomic mass is 10.1. The Morgan fingerprint density at radius 1 is 1.10 bits per heavy atom. The molecule has 0 saturated heterocycles. The monoisotopic (exact) mass is 412 g/mol. The molecule has 0 radical (unpaired) electrons. The van der Waals surface area contributed by atoms with E-state index < -0.39 is 0 Å². The highest BCUT2D eigenvalue weighted by Crippen LogP contribution is 2.29. The van der Waals surface area contributed by atoms with Crippen LogP contribution < -0.4 is 14.8 Å². The molecular weight excluding hydrogens is 388 g/mol. The van der Waals surface area contributed by atoms with Crippen molar-refractivity contribution in [2.75, 3.05) is 13.7 Å². The number of hydrogen-bond acceptors (Lipinski definition) is 6. The molecule has 0 aliphatic heterocycles. The lowest BCUT2D eigenvalue weighted by molar-refractivity contribution is 0.0949. The molecule has 0 aliphatic rings. The molecule has 3 rings (SSSR count). The number of hydrogen-bond donors (Lipinski definition) is 1. The van der Waals surface area contributed by atoms with Crippen LogP contribution in [0.2, 0.25) is 0 Å². The van der Waals surface area contributed by atoms with Crippen LogP contribution in [0.25, 0.3) is 0 Å². The number of carbonyl (C=O) groups excluding carboxylic acids is 1. The van der Waals surface area contributed by atoms with Crippen LogP contribution >= 0.6 is 11.3 Å². The Bertz CT molecular complexity index is 928. The van der Waals surface area contributed by atoms with Gasteiger partial charge in [-0.2, -0.15) is 0 Å². The summed E-state index contributed by atoms with van der Waals surface area (Å²) in [5.41, 5.74) is 5.22. The minimum atomic E-state index is -0.180. The summed E-state index contributed by atoms with van der Waals surface area (Å²) in [6, 6.07) is 13.1. The minimum Gasteiger partial charge on any atom is -0.493 e. The van der Waals surface area contributed by atoms with Crippen molar-refractivity contribution in [1.82, 2.24) is 10.3 Å². The maximum atomic E-state index is 12.6. The highest BCUT2D eigenvalue weighted by molar-refractivity contribution is 7.07. The number of carbonyl (C=O) groups is 1. The molecule has 1 aromatic heterocycles. The number of rotatable bonds is 10. The summed E-state index contributed by atoms with van der Waals surface area (Å²) in [6.45, 7) is 3.91. The van der Waals surface area contributed by atoms with Gasteiger partial charge in [0.05, 0.1) is 24.9 Å². The fourth-order valence-electron chi connectivity index (χ4n) is 2.75. The van der Waals surface area contributed by atoms with Crippen molar-refractivity contribution in [3.8, 4) is 11.5 Å². The van der Waals surface area contributed by atoms with E-state index in [0.29, 0.717) is 43.4 Å². The maximum absolute atomic E-state index is 12.6. The number of nitrogens with zero attached hydrogens (tertiary/aromatic N) is 1. The quantitative estimate of drug-likeness (QED) is 0.541. The Morgan fingerprint density at radius 2 is 1.93 bits per heavy atom. The summed E-state index contributed by atoms with van der Waals surface area (Å²) < 4.78 is 16.7. The van der Waals surface area contributed by atoms with E-state index in [9.17, 15) is 4.79 Å². The zero-order valence-electron chi connectivity index (χ0n) is 16.5. The summed E-state index contributed by atoms with van der Waals surface area (Å²) in [7, 11) is 1.55. The van der Waals surface area contributed by atoms with Crippen molar-refractivity contribution in [2.24, 2.45) is 0 Å². The van der Waals surface area contributed by atoms with Gasteiger partial charge < -0.3 is 19.5 Å². The smallest absolute Gasteiger partial charge is 0.251 e. The van der Waals surface area contributed by atoms with Gasteiger partial charge in [-0.1, -0.05) is 24.3 Å². The SMILES string of the molecule is CCOCc1ccccc1CNC(=O)c1ccc(OCc2cscn2)c(OC)c1. The van der Waals surface area contributed by atoms with Crippen LogP contribution in [0.1, 0.15) is 34.1 Å². The fraction of sp³-hybridized carbons (Fsp3) is 0.273. The van der Waals surface area contributed by atoms with E-state index >= 15 is 0 Å². The number of benzene rings is 2. The molecule has 1 amide bonds. The highest BCUT2D eigenvalue weighted by atomic mass is 32.1. The van der Waals surface area contributed by atoms with E-state index in [0.717, 1.165) is 16.8 Å². The molecule has 0 unspecified atom stereocenters. The summed E-state index contributed by atoms with van der Waals surface area (Å²) in [5.74, 6) is 0.893. The Hall–Kier alpha value is -2.90. The van der Waals surface area contributed by atoms with Gasteiger partial charge in [0.2, 0.25) is 0 Å². The minimum absolute atomic E-state index is 0.180. The molecule has 2 aromatic carbocycles. The molecule has 7 heteroatoms. The second-order valence-corrected chi connectivity index (χ2v) is 6.94. The van der Waals surface area contributed by atoms with Crippen LogP contribution in [0.4, 0.5) is 0 Å². The Kier molecular flexibility index (Phi) is 7.61. The van der Waals surface area contributed by atoms with Crippen molar-refractivity contribution >= 4 is 17.2 Å². The number of amides is 1. The molecule has 0 aliphatic carbocycles. The summed E-state index contributed by atoms with van der Waals surface area (Å²) in [5, 5.41) is 4.89. The molecule has 6 nitrogen and oxygen atoms in total. The Morgan fingerprint density at radius 3 is 2.66 bits per heavy atom. The van der Waals surface area contributed by atoms with Gasteiger partial charge in [-0.05, 0) is 36.2 Å². The first-order chi connectivity index (χ1) is 14.2. The Labute approximate surface area is 174 Å². The largest absolute Gasteiger partial charge is 0.493 e. The first-order valence-corrected chi connectivity index (χ1v) is 10.3. The zero-order chi connectivity index (χ0) is 20.5. The maximum Gasteiger partial charge on any atom is 0.251 e. The number of ether oxygens (including phenoxy) is 3. The van der Waals surface area contributed by atoms with Crippen LogP contribution in [0.5, 0.6) is 11.5 Å². The second-order valence-electron chi connectivity index (χ2n) is 6.22. The molecule has 152 valence electrons. The van der Waals surface area contributed by atoms with E-state index in [1.54, 1.807) is 30.8 Å². The highest BCUT2D eigenvalue weighted by Gasteiger charge is 2.12. The third-order valence-electron chi connectivity index (χ3n) is 4.30. The summed E-state index contributed by atoms with van der Waals surface area (Å²) in [4.78, 5) is 16.8. The number of nitrogens with one attached hydrogen (secondary N) is 1. The molecule has 0 spiro atoms. The standard InChI is InChI=1S/C22H24N2O4S/c1-3-27-12-18-7-5-4-6-17(18)11-23-22(25)16-8-9-20(21(10-16)26-2)28-13-19-14-29-15-24-19/h4-10,14-15H,3,11-13H2,1-2H3,(H,23,25). The Balaban J connectivity index is 1.63. The number of methoxy groups -OCH3 is 1. The van der Waals surface area contributed by atoms with E-state index in [-0.39, 0.29) is 5.91 Å². The van der Waals surface area contributed by atoms with Crippen molar-refractivity contribution in [3.05, 3.63) is 75.7 Å². The van der Waals surface area contributed by atoms with Crippen LogP contribution in [-0.2, 0) is 24.5 Å². The van der Waals surface area contributed by atoms with E-state index in [4.69, 9.17) is 14.2 Å². The van der Waals surface area contributed by atoms with Crippen molar-refractivity contribution in [1.29, 1.82) is 0 Å². The van der Waals surface area contributed by atoms with Crippen LogP contribution in [-0.4, -0.2) is 24.6 Å². The van der Waals surface area contributed by atoms with Gasteiger partial charge in [-0.3, -0.25) is 4.79 Å². The molecular formula is C22H24N2O4S. The third-order valence-corrected chi connectivity index (χ3v) is 4.94. The van der Waals surface area contributed by atoms with Gasteiger partial charge in [0.25, 0.3) is 5.91 Å². The topological polar surface area (TPSA) is 69.7 Å². The van der Waals surface area contributed by atoms with Crippen molar-refractivity contribution < 1.29 is 19.0 Å². The van der Waals surface area contributed by atoms with E-state index in [2.05, 4.69) is 10.3 Å². The summed E-state index contributed by atoms with van der Waals surface area (Å²) >= 11 is 1.52. The fourth-order valence-corrected chi connectivity index (χ4v) is 3.29. The average molecular weight is 413 g/mol. The normalized spacial score (nSPS) is 10.6. The molecule has 0 fully saturated rings. The van der Waals surface area contributed by atoms with Gasteiger partial charge in [0, 0.05) is 24.1 Å². The number of aromatic nitrogens is 1. The lowest BCUT2D eigenvalue weighted by Crippen LogP contribution is -2.23. The van der Waals surface area contributed by atoms with Crippen LogP contribution in [0, 0.1) is 0 Å². The average Bonchev–Trinajstić information content (AvgIpc) is 3.28. The zero-order valence-corrected chi connectivity index (χ0v) is 17.3. The van der Waals surface area contributed by atoms with E-state index in [1.165, 1.54) is 11.3 Å². The van der Waals surface area contributed by atoms with Gasteiger partial charge in [-0.15, -0.1) is 11.3 Å². The van der Waals surface area contributed by atoms with Crippen molar-refractivity contribution in [3.63, 3.8) is 0 Å². The molecule has 1 N–H and O–H groups in total. The van der Waals surface area contributed by atoms with Crippen LogP contribution in [0.3, 0.4) is 0 Å². The molecule has 1 heterocycles. The molecule has 0 bridgehead atoms. The number of thiazole rings is 1. The molecule has 0 saturated carbocycles. The van der Waals surface area contributed by atoms with Gasteiger partial charge in [0.15, 0.2) is 11.5 Å². The van der Waals surface area contributed by atoms with Gasteiger partial charge in [0.1, 0.15) is 6.61 Å². The first-order valence-electron chi connectivity index (χ1n) is 9.32. The predicted molar refractivity (Wildman–Crippen MR) is 112 cm³/mol. The van der Waals surface area contributed by atoms with Gasteiger partial charge in [-0.25, -0.2) is 4.98 Å². The van der Waals surface area contributed by atoms with Gasteiger partial charge >= 0.3 is 0 Å². The molecule has 3 aromatic rings. The molecule has 29 heavy (non-hydrogen) atoms. The third kappa shape index (κ3) is 5.79.